The zero-order chi connectivity index (χ0) is 22.7. The predicted molar refractivity (Wildman–Crippen MR) is 123 cm³/mol. The van der Waals surface area contributed by atoms with Crippen molar-refractivity contribution in [3.05, 3.63) is 77.9 Å². The monoisotopic (exact) mass is 452 g/mol. The van der Waals surface area contributed by atoms with Crippen molar-refractivity contribution in [3.63, 3.8) is 0 Å². The van der Waals surface area contributed by atoms with Gasteiger partial charge in [0.05, 0.1) is 30.4 Å². The molecule has 0 atom stereocenters. The number of nitrogens with one attached hydrogen (secondary N) is 1. The first-order valence-corrected chi connectivity index (χ1v) is 11.6. The Hall–Kier alpha value is -3.52. The van der Waals surface area contributed by atoms with E-state index in [2.05, 4.69) is 5.32 Å². The summed E-state index contributed by atoms with van der Waals surface area (Å²) in [7, 11) is -0.661. The molecule has 0 aliphatic carbocycles. The second kappa shape index (κ2) is 8.92. The lowest BCUT2D eigenvalue weighted by Gasteiger charge is -2.31. The minimum absolute atomic E-state index is 0.208. The van der Waals surface area contributed by atoms with E-state index in [9.17, 15) is 13.2 Å². The number of sulfonamides is 1. The summed E-state index contributed by atoms with van der Waals surface area (Å²) in [4.78, 5) is 12.9. The van der Waals surface area contributed by atoms with Crippen LogP contribution in [0.4, 0.5) is 11.4 Å². The molecule has 3 aromatic carbocycles. The van der Waals surface area contributed by atoms with Crippen LogP contribution in [0.5, 0.6) is 11.5 Å². The highest BCUT2D eigenvalue weighted by atomic mass is 32.2. The lowest BCUT2D eigenvalue weighted by atomic mass is 10.0. The Kier molecular flexibility index (Phi) is 6.05. The van der Waals surface area contributed by atoms with Gasteiger partial charge in [0.2, 0.25) is 0 Å². The van der Waals surface area contributed by atoms with Crippen molar-refractivity contribution >= 4 is 27.3 Å². The number of hydrogen-bond donors (Lipinski definition) is 1. The molecule has 1 heterocycles. The number of ether oxygens (including phenoxy) is 2. The van der Waals surface area contributed by atoms with E-state index in [1.807, 2.05) is 6.07 Å². The van der Waals surface area contributed by atoms with Gasteiger partial charge in [0.25, 0.3) is 15.9 Å². The third-order valence-corrected chi connectivity index (χ3v) is 7.24. The van der Waals surface area contributed by atoms with Crippen molar-refractivity contribution < 1.29 is 22.7 Å². The van der Waals surface area contributed by atoms with E-state index in [0.29, 0.717) is 41.4 Å². The molecule has 1 aliphatic rings. The van der Waals surface area contributed by atoms with Crippen LogP contribution in [0.25, 0.3) is 0 Å². The number of anilines is 2. The van der Waals surface area contributed by atoms with Crippen molar-refractivity contribution in [1.82, 2.24) is 0 Å². The number of amides is 1. The van der Waals surface area contributed by atoms with E-state index in [4.69, 9.17) is 9.47 Å². The quantitative estimate of drug-likeness (QED) is 0.609. The highest BCUT2D eigenvalue weighted by molar-refractivity contribution is 7.92. The zero-order valence-corrected chi connectivity index (χ0v) is 18.7. The summed E-state index contributed by atoms with van der Waals surface area (Å²) in [6.07, 6.45) is 1.41. The van der Waals surface area contributed by atoms with E-state index in [1.54, 1.807) is 60.7 Å². The van der Waals surface area contributed by atoms with Gasteiger partial charge in [0.1, 0.15) is 11.5 Å². The maximum Gasteiger partial charge on any atom is 0.264 e. The number of carbonyl (C=O) groups is 1. The molecule has 1 amide bonds. The van der Waals surface area contributed by atoms with Crippen molar-refractivity contribution in [1.29, 1.82) is 0 Å². The van der Waals surface area contributed by atoms with Gasteiger partial charge < -0.3 is 14.8 Å². The van der Waals surface area contributed by atoms with Gasteiger partial charge in [-0.05, 0) is 73.0 Å². The number of hydrogen-bond acceptors (Lipinski definition) is 5. The molecule has 0 fully saturated rings. The topological polar surface area (TPSA) is 84.9 Å². The van der Waals surface area contributed by atoms with E-state index in [1.165, 1.54) is 18.5 Å². The van der Waals surface area contributed by atoms with Crippen LogP contribution >= 0.6 is 0 Å². The Morgan fingerprint density at radius 3 is 2.44 bits per heavy atom. The number of aryl methyl sites for hydroxylation is 1. The van der Waals surface area contributed by atoms with Crippen LogP contribution < -0.4 is 19.1 Å². The lowest BCUT2D eigenvalue weighted by Crippen LogP contribution is -2.35. The van der Waals surface area contributed by atoms with Crippen molar-refractivity contribution in [2.75, 3.05) is 30.4 Å². The number of carbonyl (C=O) groups excluding carboxylic acids is 1. The summed E-state index contributed by atoms with van der Waals surface area (Å²) in [5, 5.41) is 2.88. The maximum absolute atomic E-state index is 13.3. The smallest absolute Gasteiger partial charge is 0.264 e. The lowest BCUT2D eigenvalue weighted by molar-refractivity contribution is 0.102. The molecule has 0 unspecified atom stereocenters. The molecule has 0 spiro atoms. The molecule has 166 valence electrons. The third-order valence-electron chi connectivity index (χ3n) is 5.41. The Labute approximate surface area is 187 Å². The molecule has 1 N–H and O–H groups in total. The number of rotatable bonds is 6. The summed E-state index contributed by atoms with van der Waals surface area (Å²) in [5.74, 6) is 0.791. The van der Waals surface area contributed by atoms with Gasteiger partial charge in [-0.25, -0.2) is 8.42 Å². The molecule has 4 rings (SSSR count). The molecule has 0 saturated heterocycles. The largest absolute Gasteiger partial charge is 0.497 e. The number of nitrogens with zero attached hydrogens (tertiary/aromatic N) is 1. The molecule has 7 nitrogen and oxygen atoms in total. The van der Waals surface area contributed by atoms with E-state index >= 15 is 0 Å². The van der Waals surface area contributed by atoms with Crippen LogP contribution in [0, 0.1) is 0 Å². The normalized spacial score (nSPS) is 13.2. The number of para-hydroxylation sites is 1. The average Bonchev–Trinajstić information content (AvgIpc) is 2.83. The molecule has 3 aromatic rings. The predicted octanol–water partition coefficient (Wildman–Crippen LogP) is 4.10. The highest BCUT2D eigenvalue weighted by Crippen LogP contribution is 2.34. The first kappa shape index (κ1) is 21.7. The fraction of sp³-hybridized carbons (Fsp3) is 0.208. The van der Waals surface area contributed by atoms with Gasteiger partial charge in [-0.3, -0.25) is 9.10 Å². The molecular weight excluding hydrogens is 428 g/mol. The van der Waals surface area contributed by atoms with Crippen LogP contribution in [0.15, 0.2) is 71.6 Å². The van der Waals surface area contributed by atoms with Crippen molar-refractivity contribution in [3.8, 4) is 11.5 Å². The first-order valence-electron chi connectivity index (χ1n) is 10.2. The van der Waals surface area contributed by atoms with Gasteiger partial charge in [-0.1, -0.05) is 12.1 Å². The van der Waals surface area contributed by atoms with Gasteiger partial charge in [0, 0.05) is 12.2 Å². The third kappa shape index (κ3) is 4.13. The summed E-state index contributed by atoms with van der Waals surface area (Å²) < 4.78 is 38.4. The molecule has 0 saturated carbocycles. The molecule has 0 radical (unpaired) electrons. The molecular formula is C24H24N2O5S. The maximum atomic E-state index is 13.3. The first-order chi connectivity index (χ1) is 15.4. The van der Waals surface area contributed by atoms with Gasteiger partial charge >= 0.3 is 0 Å². The van der Waals surface area contributed by atoms with Crippen molar-refractivity contribution in [2.24, 2.45) is 0 Å². The van der Waals surface area contributed by atoms with Gasteiger partial charge in [-0.2, -0.15) is 0 Å². The molecule has 8 heteroatoms. The Bertz CT molecular complexity index is 1240. The minimum atomic E-state index is -3.71. The van der Waals surface area contributed by atoms with Crippen LogP contribution in [-0.2, 0) is 16.4 Å². The summed E-state index contributed by atoms with van der Waals surface area (Å²) in [6, 6.07) is 18.6. The van der Waals surface area contributed by atoms with Gasteiger partial charge in [-0.15, -0.1) is 0 Å². The number of benzene rings is 3. The Morgan fingerprint density at radius 2 is 1.72 bits per heavy atom. The zero-order valence-electron chi connectivity index (χ0n) is 17.9. The Morgan fingerprint density at radius 1 is 0.969 bits per heavy atom. The average molecular weight is 453 g/mol. The van der Waals surface area contributed by atoms with Crippen LogP contribution in [0.3, 0.4) is 0 Å². The fourth-order valence-corrected chi connectivity index (χ4v) is 5.34. The minimum Gasteiger partial charge on any atom is -0.497 e. The molecule has 0 bridgehead atoms. The second-order valence-corrected chi connectivity index (χ2v) is 9.22. The number of fused-ring (bicyclic) bond motifs is 1. The second-order valence-electron chi connectivity index (χ2n) is 7.35. The standard InChI is InChI=1S/C24H24N2O5S/c1-30-19-10-12-20(13-11-19)32(28,29)26-15-5-6-17-16-18(9-14-22(17)26)25-24(27)21-7-3-4-8-23(21)31-2/h3-4,7-14,16H,5-6,15H2,1-2H3,(H,25,27). The summed E-state index contributed by atoms with van der Waals surface area (Å²) >= 11 is 0. The molecule has 32 heavy (non-hydrogen) atoms. The molecule has 1 aliphatic heterocycles. The fourth-order valence-electron chi connectivity index (χ4n) is 3.80. The SMILES string of the molecule is COc1ccc(S(=O)(=O)N2CCCc3cc(NC(=O)c4ccccc4OC)ccc32)cc1. The van der Waals surface area contributed by atoms with E-state index in [-0.39, 0.29) is 10.8 Å². The van der Waals surface area contributed by atoms with Crippen molar-refractivity contribution in [2.45, 2.75) is 17.7 Å². The number of methoxy groups -OCH3 is 2. The van der Waals surface area contributed by atoms with Crippen LogP contribution in [0.2, 0.25) is 0 Å². The summed E-state index contributed by atoms with van der Waals surface area (Å²) in [5.41, 5.74) is 2.52. The van der Waals surface area contributed by atoms with Crippen LogP contribution in [0.1, 0.15) is 22.3 Å². The highest BCUT2D eigenvalue weighted by Gasteiger charge is 2.29. The summed E-state index contributed by atoms with van der Waals surface area (Å²) in [6.45, 7) is 0.397. The van der Waals surface area contributed by atoms with E-state index in [0.717, 1.165) is 12.0 Å². The molecule has 0 aromatic heterocycles. The van der Waals surface area contributed by atoms with Gasteiger partial charge in [0.15, 0.2) is 0 Å². The van der Waals surface area contributed by atoms with E-state index < -0.39 is 10.0 Å². The van der Waals surface area contributed by atoms with Crippen LogP contribution in [-0.4, -0.2) is 35.1 Å². The Balaban J connectivity index is 1.60.